The molecule has 1 aromatic carbocycles. The third-order valence-electron chi connectivity index (χ3n) is 3.61. The largest absolute Gasteiger partial charge is 0.343 e. The standard InChI is InChI=1S/C15H22N4OS/c1-4-11-6-8-12(9-7-11)13(16)10(3)21-15-18-17-14(20)19(15)5-2/h6-10,13H,4-5,16H2,1-3H3,(H,17,20). The van der Waals surface area contributed by atoms with Crippen molar-refractivity contribution in [2.75, 3.05) is 0 Å². The maximum Gasteiger partial charge on any atom is 0.343 e. The summed E-state index contributed by atoms with van der Waals surface area (Å²) >= 11 is 1.52. The second-order valence-corrected chi connectivity index (χ2v) is 6.34. The van der Waals surface area contributed by atoms with E-state index in [1.165, 1.54) is 17.3 Å². The predicted octanol–water partition coefficient (Wildman–Crippen LogP) is 2.33. The average molecular weight is 306 g/mol. The minimum Gasteiger partial charge on any atom is -0.323 e. The van der Waals surface area contributed by atoms with Crippen LogP contribution < -0.4 is 11.4 Å². The van der Waals surface area contributed by atoms with Gasteiger partial charge in [0.25, 0.3) is 0 Å². The summed E-state index contributed by atoms with van der Waals surface area (Å²) in [6.07, 6.45) is 1.02. The first-order valence-corrected chi connectivity index (χ1v) is 8.11. The van der Waals surface area contributed by atoms with Gasteiger partial charge in [0, 0.05) is 17.8 Å². The number of hydrogen-bond acceptors (Lipinski definition) is 4. The molecule has 0 aliphatic rings. The van der Waals surface area contributed by atoms with Gasteiger partial charge in [-0.05, 0) is 24.5 Å². The van der Waals surface area contributed by atoms with Crippen LogP contribution in [0, 0.1) is 0 Å². The van der Waals surface area contributed by atoms with Crippen molar-refractivity contribution in [2.45, 2.75) is 50.2 Å². The molecule has 1 aromatic heterocycles. The van der Waals surface area contributed by atoms with Gasteiger partial charge in [-0.3, -0.25) is 4.57 Å². The number of thioether (sulfide) groups is 1. The summed E-state index contributed by atoms with van der Waals surface area (Å²) in [4.78, 5) is 11.6. The number of benzene rings is 1. The number of nitrogens with zero attached hydrogens (tertiary/aromatic N) is 2. The summed E-state index contributed by atoms with van der Waals surface area (Å²) in [6.45, 7) is 6.72. The van der Waals surface area contributed by atoms with Crippen LogP contribution in [0.5, 0.6) is 0 Å². The lowest BCUT2D eigenvalue weighted by Gasteiger charge is -2.19. The van der Waals surface area contributed by atoms with Crippen LogP contribution in [0.4, 0.5) is 0 Å². The fourth-order valence-electron chi connectivity index (χ4n) is 2.16. The lowest BCUT2D eigenvalue weighted by atomic mass is 10.0. The molecule has 0 saturated carbocycles. The van der Waals surface area contributed by atoms with Gasteiger partial charge in [0.15, 0.2) is 5.16 Å². The highest BCUT2D eigenvalue weighted by atomic mass is 32.2. The van der Waals surface area contributed by atoms with Gasteiger partial charge in [-0.25, -0.2) is 9.89 Å². The molecule has 0 saturated heterocycles. The quantitative estimate of drug-likeness (QED) is 0.803. The van der Waals surface area contributed by atoms with Crippen LogP contribution in [0.2, 0.25) is 0 Å². The Balaban J connectivity index is 2.11. The van der Waals surface area contributed by atoms with E-state index in [-0.39, 0.29) is 17.0 Å². The maximum absolute atomic E-state index is 11.6. The molecule has 3 N–H and O–H groups in total. The third-order valence-corrected chi connectivity index (χ3v) is 4.80. The van der Waals surface area contributed by atoms with Gasteiger partial charge in [-0.1, -0.05) is 49.9 Å². The Morgan fingerprint density at radius 3 is 2.57 bits per heavy atom. The highest BCUT2D eigenvalue weighted by Crippen LogP contribution is 2.29. The minimum atomic E-state index is -0.173. The number of aromatic amines is 1. The Bertz CT molecular complexity index is 632. The molecule has 0 spiro atoms. The van der Waals surface area contributed by atoms with E-state index in [9.17, 15) is 4.79 Å². The number of H-pyrrole nitrogens is 1. The average Bonchev–Trinajstić information content (AvgIpc) is 2.86. The number of hydrogen-bond donors (Lipinski definition) is 2. The molecule has 21 heavy (non-hydrogen) atoms. The van der Waals surface area contributed by atoms with E-state index in [1.807, 2.05) is 6.92 Å². The molecule has 1 heterocycles. The Hall–Kier alpha value is -1.53. The van der Waals surface area contributed by atoms with Gasteiger partial charge < -0.3 is 5.73 Å². The summed E-state index contributed by atoms with van der Waals surface area (Å²) < 4.78 is 1.62. The minimum absolute atomic E-state index is 0.0991. The molecule has 2 atom stereocenters. The molecule has 0 radical (unpaired) electrons. The summed E-state index contributed by atoms with van der Waals surface area (Å²) in [5.74, 6) is 0. The monoisotopic (exact) mass is 306 g/mol. The molecule has 2 rings (SSSR count). The number of nitrogens with two attached hydrogens (primary N) is 1. The molecule has 0 fully saturated rings. The lowest BCUT2D eigenvalue weighted by Crippen LogP contribution is -2.22. The molecule has 0 amide bonds. The number of aryl methyl sites for hydroxylation is 1. The van der Waals surface area contributed by atoms with Gasteiger partial charge in [0.05, 0.1) is 0 Å². The summed E-state index contributed by atoms with van der Waals surface area (Å²) in [5.41, 5.74) is 8.57. The number of rotatable bonds is 6. The third kappa shape index (κ3) is 3.57. The Kier molecular flexibility index (Phi) is 5.25. The SMILES string of the molecule is CCc1ccc(C(N)C(C)Sc2n[nH]c(=O)n2CC)cc1. The van der Waals surface area contributed by atoms with Crippen LogP contribution >= 0.6 is 11.8 Å². The van der Waals surface area contributed by atoms with Gasteiger partial charge in [-0.15, -0.1) is 5.10 Å². The zero-order valence-corrected chi connectivity index (χ0v) is 13.5. The molecular weight excluding hydrogens is 284 g/mol. The summed E-state index contributed by atoms with van der Waals surface area (Å²) in [6, 6.07) is 8.29. The number of aromatic nitrogens is 3. The van der Waals surface area contributed by atoms with Crippen LogP contribution in [0.3, 0.4) is 0 Å². The fourth-order valence-corrected chi connectivity index (χ4v) is 3.23. The predicted molar refractivity (Wildman–Crippen MR) is 86.6 cm³/mol. The van der Waals surface area contributed by atoms with Crippen molar-refractivity contribution in [3.05, 3.63) is 45.9 Å². The van der Waals surface area contributed by atoms with E-state index < -0.39 is 0 Å². The zero-order chi connectivity index (χ0) is 15.4. The molecule has 114 valence electrons. The molecular formula is C15H22N4OS. The summed E-state index contributed by atoms with van der Waals surface area (Å²) in [7, 11) is 0. The zero-order valence-electron chi connectivity index (χ0n) is 12.7. The molecule has 5 nitrogen and oxygen atoms in total. The Labute approximate surface area is 128 Å². The van der Waals surface area contributed by atoms with Crippen LogP contribution in [0.15, 0.2) is 34.2 Å². The van der Waals surface area contributed by atoms with E-state index >= 15 is 0 Å². The highest BCUT2D eigenvalue weighted by Gasteiger charge is 2.19. The lowest BCUT2D eigenvalue weighted by molar-refractivity contribution is 0.651. The molecule has 0 aliphatic carbocycles. The van der Waals surface area contributed by atoms with Gasteiger partial charge >= 0.3 is 5.69 Å². The topological polar surface area (TPSA) is 76.7 Å². The van der Waals surface area contributed by atoms with Crippen molar-refractivity contribution < 1.29 is 0 Å². The molecule has 0 bridgehead atoms. The van der Waals surface area contributed by atoms with E-state index in [2.05, 4.69) is 48.3 Å². The van der Waals surface area contributed by atoms with Crippen molar-refractivity contribution in [1.29, 1.82) is 0 Å². The maximum atomic E-state index is 11.6. The Morgan fingerprint density at radius 1 is 1.33 bits per heavy atom. The highest BCUT2D eigenvalue weighted by molar-refractivity contribution is 7.99. The fraction of sp³-hybridized carbons (Fsp3) is 0.467. The van der Waals surface area contributed by atoms with Gasteiger partial charge in [0.2, 0.25) is 0 Å². The van der Waals surface area contributed by atoms with Crippen molar-refractivity contribution in [3.63, 3.8) is 0 Å². The van der Waals surface area contributed by atoms with Crippen LogP contribution in [0.1, 0.15) is 37.9 Å². The molecule has 6 heteroatoms. The van der Waals surface area contributed by atoms with E-state index in [0.29, 0.717) is 11.7 Å². The molecule has 0 aliphatic heterocycles. The Morgan fingerprint density at radius 2 is 2.00 bits per heavy atom. The first-order valence-electron chi connectivity index (χ1n) is 7.23. The normalized spacial score (nSPS) is 14.1. The van der Waals surface area contributed by atoms with E-state index in [0.717, 1.165) is 12.0 Å². The van der Waals surface area contributed by atoms with Crippen molar-refractivity contribution in [3.8, 4) is 0 Å². The first-order chi connectivity index (χ1) is 10.1. The number of nitrogens with one attached hydrogen (secondary N) is 1. The second-order valence-electron chi connectivity index (χ2n) is 5.00. The van der Waals surface area contributed by atoms with Crippen molar-refractivity contribution >= 4 is 11.8 Å². The summed E-state index contributed by atoms with van der Waals surface area (Å²) in [5, 5.41) is 7.36. The van der Waals surface area contributed by atoms with Gasteiger partial charge in [-0.2, -0.15) is 0 Å². The van der Waals surface area contributed by atoms with Crippen LogP contribution in [-0.4, -0.2) is 20.0 Å². The van der Waals surface area contributed by atoms with E-state index in [1.54, 1.807) is 4.57 Å². The van der Waals surface area contributed by atoms with Crippen LogP contribution in [-0.2, 0) is 13.0 Å². The van der Waals surface area contributed by atoms with Crippen molar-refractivity contribution in [2.24, 2.45) is 5.73 Å². The first kappa shape index (κ1) is 15.9. The molecule has 2 aromatic rings. The second kappa shape index (κ2) is 6.95. The van der Waals surface area contributed by atoms with Gasteiger partial charge in [0.1, 0.15) is 0 Å². The molecule has 2 unspecified atom stereocenters. The van der Waals surface area contributed by atoms with Crippen molar-refractivity contribution in [1.82, 2.24) is 14.8 Å². The van der Waals surface area contributed by atoms with E-state index in [4.69, 9.17) is 5.73 Å². The smallest absolute Gasteiger partial charge is 0.323 e. The van der Waals surface area contributed by atoms with Crippen LogP contribution in [0.25, 0.3) is 0 Å².